The third kappa shape index (κ3) is 1.51. The van der Waals surface area contributed by atoms with Gasteiger partial charge in [-0.25, -0.2) is 0 Å². The van der Waals surface area contributed by atoms with Crippen LogP contribution >= 0.6 is 0 Å². The number of nitrogens with zero attached hydrogens (tertiary/aromatic N) is 1. The molecule has 2 aliphatic rings. The highest BCUT2D eigenvalue weighted by atomic mass is 15.4. The van der Waals surface area contributed by atoms with Crippen LogP contribution in [0.4, 0.5) is 0 Å². The van der Waals surface area contributed by atoms with Crippen molar-refractivity contribution in [3.8, 4) is 0 Å². The lowest BCUT2D eigenvalue weighted by molar-refractivity contribution is 0.402. The van der Waals surface area contributed by atoms with E-state index in [0.29, 0.717) is 12.1 Å². The largest absolute Gasteiger partial charge is 0.283 e. The average Bonchev–Trinajstić information content (AvgIpc) is 3.01. The van der Waals surface area contributed by atoms with Gasteiger partial charge >= 0.3 is 0 Å². The van der Waals surface area contributed by atoms with E-state index in [0.717, 1.165) is 6.04 Å². The molecule has 0 aliphatic carbocycles. The number of piperidine rings is 1. The van der Waals surface area contributed by atoms with Crippen molar-refractivity contribution in [1.29, 1.82) is 0 Å². The Bertz CT molecular complexity index is 534. The SMILES string of the molecule is c1ccc(C2CCC3C(c4ccccc4)N23)cc1. The molecular formula is C17H17N. The van der Waals surface area contributed by atoms with Gasteiger partial charge in [-0.05, 0) is 24.0 Å². The Balaban J connectivity index is 1.61. The van der Waals surface area contributed by atoms with Crippen molar-refractivity contribution in [3.63, 3.8) is 0 Å². The molecule has 90 valence electrons. The van der Waals surface area contributed by atoms with Crippen molar-refractivity contribution in [3.05, 3.63) is 71.8 Å². The van der Waals surface area contributed by atoms with E-state index in [4.69, 9.17) is 0 Å². The van der Waals surface area contributed by atoms with Gasteiger partial charge in [0.15, 0.2) is 0 Å². The number of rotatable bonds is 2. The summed E-state index contributed by atoms with van der Waals surface area (Å²) < 4.78 is 0. The summed E-state index contributed by atoms with van der Waals surface area (Å²) in [7, 11) is 0. The summed E-state index contributed by atoms with van der Waals surface area (Å²) in [6.45, 7) is 0. The zero-order valence-corrected chi connectivity index (χ0v) is 10.4. The molecule has 2 saturated heterocycles. The van der Waals surface area contributed by atoms with E-state index in [2.05, 4.69) is 65.6 Å². The number of fused-ring (bicyclic) bond motifs is 1. The molecule has 2 aliphatic heterocycles. The van der Waals surface area contributed by atoms with E-state index in [1.807, 2.05) is 0 Å². The van der Waals surface area contributed by atoms with Crippen molar-refractivity contribution < 1.29 is 0 Å². The van der Waals surface area contributed by atoms with Crippen molar-refractivity contribution in [2.75, 3.05) is 0 Å². The lowest BCUT2D eigenvalue weighted by Crippen LogP contribution is -2.06. The molecule has 0 N–H and O–H groups in total. The van der Waals surface area contributed by atoms with E-state index in [1.165, 1.54) is 24.0 Å². The molecule has 4 unspecified atom stereocenters. The molecule has 1 nitrogen and oxygen atoms in total. The Morgan fingerprint density at radius 3 is 2.00 bits per heavy atom. The molecule has 0 bridgehead atoms. The van der Waals surface area contributed by atoms with E-state index < -0.39 is 0 Å². The van der Waals surface area contributed by atoms with Crippen molar-refractivity contribution >= 4 is 0 Å². The average molecular weight is 235 g/mol. The number of benzene rings is 2. The smallest absolute Gasteiger partial charge is 0.0513 e. The molecule has 2 aromatic carbocycles. The fourth-order valence-electron chi connectivity index (χ4n) is 3.57. The first-order valence-electron chi connectivity index (χ1n) is 6.82. The normalized spacial score (nSPS) is 33.1. The first-order chi connectivity index (χ1) is 8.95. The Kier molecular flexibility index (Phi) is 2.27. The standard InChI is InChI=1S/C17H17N/c1-3-7-13(8-4-1)15-11-12-16-17(18(15)16)14-9-5-2-6-10-14/h1-10,15-17H,11-12H2. The first kappa shape index (κ1) is 10.3. The Morgan fingerprint density at radius 2 is 1.33 bits per heavy atom. The lowest BCUT2D eigenvalue weighted by atomic mass is 9.99. The van der Waals surface area contributed by atoms with Crippen LogP contribution in [0.15, 0.2) is 60.7 Å². The van der Waals surface area contributed by atoms with E-state index in [-0.39, 0.29) is 0 Å². The fourth-order valence-corrected chi connectivity index (χ4v) is 3.57. The summed E-state index contributed by atoms with van der Waals surface area (Å²) >= 11 is 0. The Hall–Kier alpha value is -1.60. The van der Waals surface area contributed by atoms with Gasteiger partial charge in [-0.3, -0.25) is 4.90 Å². The summed E-state index contributed by atoms with van der Waals surface area (Å²) in [6.07, 6.45) is 2.66. The van der Waals surface area contributed by atoms with E-state index in [9.17, 15) is 0 Å². The lowest BCUT2D eigenvalue weighted by Gasteiger charge is -2.16. The molecule has 2 aromatic rings. The topological polar surface area (TPSA) is 3.01 Å². The third-order valence-corrected chi connectivity index (χ3v) is 4.40. The highest BCUT2D eigenvalue weighted by Gasteiger charge is 2.56. The van der Waals surface area contributed by atoms with Crippen LogP contribution in [0.1, 0.15) is 36.1 Å². The van der Waals surface area contributed by atoms with Gasteiger partial charge in [0, 0.05) is 12.1 Å². The minimum Gasteiger partial charge on any atom is -0.283 e. The monoisotopic (exact) mass is 235 g/mol. The maximum absolute atomic E-state index is 2.69. The van der Waals surface area contributed by atoms with Gasteiger partial charge in [0.05, 0.1) is 6.04 Å². The first-order valence-corrected chi connectivity index (χ1v) is 6.82. The van der Waals surface area contributed by atoms with Gasteiger partial charge in [-0.2, -0.15) is 0 Å². The molecule has 0 saturated carbocycles. The maximum atomic E-state index is 2.69. The van der Waals surface area contributed by atoms with Crippen molar-refractivity contribution in [2.45, 2.75) is 31.0 Å². The van der Waals surface area contributed by atoms with Crippen LogP contribution in [0.3, 0.4) is 0 Å². The highest BCUT2D eigenvalue weighted by Crippen LogP contribution is 2.58. The van der Waals surface area contributed by atoms with E-state index >= 15 is 0 Å². The molecule has 0 aromatic heterocycles. The van der Waals surface area contributed by atoms with Crippen LogP contribution in [-0.2, 0) is 0 Å². The molecule has 2 heterocycles. The Morgan fingerprint density at radius 1 is 0.722 bits per heavy atom. The summed E-state index contributed by atoms with van der Waals surface area (Å²) in [6, 6.07) is 24.0. The van der Waals surface area contributed by atoms with Gasteiger partial charge in [-0.15, -0.1) is 0 Å². The van der Waals surface area contributed by atoms with Crippen LogP contribution in [-0.4, -0.2) is 10.9 Å². The van der Waals surface area contributed by atoms with Gasteiger partial charge in [0.25, 0.3) is 0 Å². The third-order valence-electron chi connectivity index (χ3n) is 4.40. The van der Waals surface area contributed by atoms with Crippen LogP contribution in [0.2, 0.25) is 0 Å². The van der Waals surface area contributed by atoms with Crippen LogP contribution in [0, 0.1) is 0 Å². The molecule has 2 fully saturated rings. The summed E-state index contributed by atoms with van der Waals surface area (Å²) in [5, 5.41) is 0. The zero-order valence-electron chi connectivity index (χ0n) is 10.4. The molecule has 0 amide bonds. The molecular weight excluding hydrogens is 218 g/mol. The molecule has 1 heteroatoms. The van der Waals surface area contributed by atoms with Gasteiger partial charge in [-0.1, -0.05) is 60.7 Å². The second-order valence-corrected chi connectivity index (χ2v) is 5.37. The fraction of sp³-hybridized carbons (Fsp3) is 0.294. The number of hydrogen-bond acceptors (Lipinski definition) is 1. The van der Waals surface area contributed by atoms with Crippen molar-refractivity contribution in [2.24, 2.45) is 0 Å². The van der Waals surface area contributed by atoms with Gasteiger partial charge in [0.2, 0.25) is 0 Å². The predicted octanol–water partition coefficient (Wildman–Crippen LogP) is 3.95. The maximum Gasteiger partial charge on any atom is 0.0513 e. The van der Waals surface area contributed by atoms with E-state index in [1.54, 1.807) is 0 Å². The summed E-state index contributed by atoms with van der Waals surface area (Å²) in [4.78, 5) is 2.69. The Labute approximate surface area is 108 Å². The number of hydrogen-bond donors (Lipinski definition) is 0. The summed E-state index contributed by atoms with van der Waals surface area (Å²) in [5.74, 6) is 0. The molecule has 0 radical (unpaired) electrons. The molecule has 4 rings (SSSR count). The second kappa shape index (κ2) is 3.96. The van der Waals surface area contributed by atoms with Crippen LogP contribution in [0.5, 0.6) is 0 Å². The molecule has 4 atom stereocenters. The van der Waals surface area contributed by atoms with Crippen molar-refractivity contribution in [1.82, 2.24) is 4.90 Å². The van der Waals surface area contributed by atoms with Gasteiger partial charge < -0.3 is 0 Å². The minimum atomic E-state index is 0.640. The van der Waals surface area contributed by atoms with Gasteiger partial charge in [0.1, 0.15) is 0 Å². The second-order valence-electron chi connectivity index (χ2n) is 5.37. The van der Waals surface area contributed by atoms with Crippen LogP contribution in [0.25, 0.3) is 0 Å². The quantitative estimate of drug-likeness (QED) is 0.712. The van der Waals surface area contributed by atoms with Crippen LogP contribution < -0.4 is 0 Å². The minimum absolute atomic E-state index is 0.640. The summed E-state index contributed by atoms with van der Waals surface area (Å²) in [5.41, 5.74) is 2.97. The highest BCUT2D eigenvalue weighted by molar-refractivity contribution is 5.32. The predicted molar refractivity (Wildman–Crippen MR) is 73.2 cm³/mol. The molecule has 18 heavy (non-hydrogen) atoms. The molecule has 0 spiro atoms. The zero-order chi connectivity index (χ0) is 11.9.